The number of anilines is 1. The molecule has 2 atom stereocenters. The number of hydrogen-bond donors (Lipinski definition) is 2. The van der Waals surface area contributed by atoms with Crippen LogP contribution in [-0.2, 0) is 16.1 Å². The van der Waals surface area contributed by atoms with E-state index in [0.29, 0.717) is 49.1 Å². The first kappa shape index (κ1) is 22.3. The number of benzene rings is 2. The summed E-state index contributed by atoms with van der Waals surface area (Å²) in [7, 11) is 0. The second kappa shape index (κ2) is 9.68. The average Bonchev–Trinajstić information content (AvgIpc) is 2.74. The van der Waals surface area contributed by atoms with Crippen molar-refractivity contribution in [3.8, 4) is 0 Å². The summed E-state index contributed by atoms with van der Waals surface area (Å²) in [5.41, 5.74) is 7.30. The highest BCUT2D eigenvalue weighted by Gasteiger charge is 2.39. The highest BCUT2D eigenvalue weighted by atomic mass is 35.5. The minimum absolute atomic E-state index is 0.0625. The molecule has 2 fully saturated rings. The van der Waals surface area contributed by atoms with Gasteiger partial charge in [-0.2, -0.15) is 0 Å². The van der Waals surface area contributed by atoms with Gasteiger partial charge < -0.3 is 20.7 Å². The number of nitrogens with zero attached hydrogens (tertiary/aromatic N) is 2. The van der Waals surface area contributed by atoms with Crippen molar-refractivity contribution in [3.05, 3.63) is 70.5 Å². The molecule has 2 aliphatic rings. The van der Waals surface area contributed by atoms with Crippen molar-refractivity contribution in [2.24, 2.45) is 5.73 Å². The molecule has 2 saturated heterocycles. The molecule has 2 bridgehead atoms. The topological polar surface area (TPSA) is 87.9 Å². The lowest BCUT2D eigenvalue weighted by Gasteiger charge is -2.49. The number of amides is 3. The Morgan fingerprint density at radius 1 is 1.16 bits per heavy atom. The third-order valence-corrected chi connectivity index (χ3v) is 5.92. The molecule has 2 unspecified atom stereocenters. The molecular formula is C23H24ClFN4O3. The monoisotopic (exact) mass is 458 g/mol. The number of primary amides is 1. The summed E-state index contributed by atoms with van der Waals surface area (Å²) in [5, 5.41) is 2.96. The van der Waals surface area contributed by atoms with Crippen molar-refractivity contribution < 1.29 is 18.7 Å². The molecule has 4 rings (SSSR count). The maximum atomic E-state index is 13.2. The van der Waals surface area contributed by atoms with Crippen LogP contribution in [0.5, 0.6) is 0 Å². The van der Waals surface area contributed by atoms with Crippen LogP contribution in [0.2, 0.25) is 5.02 Å². The van der Waals surface area contributed by atoms with E-state index in [0.717, 1.165) is 5.56 Å². The fourth-order valence-corrected chi connectivity index (χ4v) is 4.32. The zero-order valence-electron chi connectivity index (χ0n) is 17.3. The van der Waals surface area contributed by atoms with Gasteiger partial charge in [0.25, 0.3) is 0 Å². The number of halogens is 2. The van der Waals surface area contributed by atoms with E-state index >= 15 is 0 Å². The summed E-state index contributed by atoms with van der Waals surface area (Å²) in [6.45, 7) is 2.83. The lowest BCUT2D eigenvalue weighted by Crippen LogP contribution is -2.64. The van der Waals surface area contributed by atoms with E-state index in [1.807, 2.05) is 4.90 Å². The summed E-state index contributed by atoms with van der Waals surface area (Å²) in [5.74, 6) is -0.377. The molecule has 2 aliphatic heterocycles. The van der Waals surface area contributed by atoms with E-state index in [9.17, 15) is 14.0 Å². The molecule has 0 saturated carbocycles. The summed E-state index contributed by atoms with van der Waals surface area (Å²) in [6, 6.07) is 10.9. The molecule has 2 aromatic rings. The Bertz CT molecular complexity index is 1020. The van der Waals surface area contributed by atoms with Gasteiger partial charge in [0, 0.05) is 30.7 Å². The molecule has 2 aromatic carbocycles. The third kappa shape index (κ3) is 5.27. The molecule has 3 amide bonds. The number of ether oxygens (including phenoxy) is 1. The van der Waals surface area contributed by atoms with Crippen molar-refractivity contribution in [2.45, 2.75) is 18.6 Å². The quantitative estimate of drug-likeness (QED) is 0.674. The Labute approximate surface area is 190 Å². The van der Waals surface area contributed by atoms with Crippen molar-refractivity contribution in [2.75, 3.05) is 31.6 Å². The molecule has 32 heavy (non-hydrogen) atoms. The number of carbonyl (C=O) groups excluding carboxylic acids is 2. The van der Waals surface area contributed by atoms with E-state index in [4.69, 9.17) is 22.1 Å². The van der Waals surface area contributed by atoms with Gasteiger partial charge in [0.1, 0.15) is 5.82 Å². The summed E-state index contributed by atoms with van der Waals surface area (Å²) in [4.78, 5) is 28.3. The smallest absolute Gasteiger partial charge is 0.316 e. The Hall–Kier alpha value is -2.94. The first-order valence-corrected chi connectivity index (χ1v) is 10.7. The van der Waals surface area contributed by atoms with Gasteiger partial charge in [-0.1, -0.05) is 29.8 Å². The number of rotatable bonds is 5. The van der Waals surface area contributed by atoms with Gasteiger partial charge in [-0.3, -0.25) is 9.69 Å². The molecule has 168 valence electrons. The standard InChI is InChI=1S/C23H24ClFN4O3/c24-17-5-3-16(21(9-17)27-23(26)31)4-8-22(30)28-11-19-13-32-14-20(12-28)29(19)10-15-1-6-18(25)7-2-15/h1-9,19-20H,10-14H2,(H3,26,27,31)/b8-4+. The average molecular weight is 459 g/mol. The normalized spacial score (nSPS) is 21.0. The summed E-state index contributed by atoms with van der Waals surface area (Å²) >= 11 is 5.99. The predicted molar refractivity (Wildman–Crippen MR) is 121 cm³/mol. The van der Waals surface area contributed by atoms with Crippen LogP contribution in [-0.4, -0.2) is 60.1 Å². The molecule has 0 radical (unpaired) electrons. The molecule has 0 spiro atoms. The van der Waals surface area contributed by atoms with Gasteiger partial charge in [0.15, 0.2) is 0 Å². The van der Waals surface area contributed by atoms with Crippen molar-refractivity contribution in [1.29, 1.82) is 0 Å². The second-order valence-electron chi connectivity index (χ2n) is 7.94. The van der Waals surface area contributed by atoms with Crippen LogP contribution in [0, 0.1) is 5.82 Å². The lowest BCUT2D eigenvalue weighted by atomic mass is 10.0. The van der Waals surface area contributed by atoms with Crippen molar-refractivity contribution in [3.63, 3.8) is 0 Å². The molecule has 0 aliphatic carbocycles. The van der Waals surface area contributed by atoms with Gasteiger partial charge >= 0.3 is 6.03 Å². The molecule has 3 N–H and O–H groups in total. The molecule has 2 heterocycles. The number of nitrogens with two attached hydrogens (primary N) is 1. The van der Waals surface area contributed by atoms with Crippen LogP contribution in [0.15, 0.2) is 48.5 Å². The number of piperazine rings is 1. The fraction of sp³-hybridized carbons (Fsp3) is 0.304. The Morgan fingerprint density at radius 3 is 2.50 bits per heavy atom. The van der Waals surface area contributed by atoms with Gasteiger partial charge in [-0.05, 0) is 41.5 Å². The van der Waals surface area contributed by atoms with Crippen LogP contribution >= 0.6 is 11.6 Å². The third-order valence-electron chi connectivity index (χ3n) is 5.69. The van der Waals surface area contributed by atoms with E-state index in [-0.39, 0.29) is 23.8 Å². The van der Waals surface area contributed by atoms with Crippen LogP contribution in [0.3, 0.4) is 0 Å². The minimum atomic E-state index is -0.710. The fourth-order valence-electron chi connectivity index (χ4n) is 4.15. The van der Waals surface area contributed by atoms with Gasteiger partial charge in [-0.25, -0.2) is 9.18 Å². The van der Waals surface area contributed by atoms with Gasteiger partial charge in [-0.15, -0.1) is 0 Å². The van der Waals surface area contributed by atoms with Crippen LogP contribution < -0.4 is 11.1 Å². The van der Waals surface area contributed by atoms with E-state index in [2.05, 4.69) is 10.2 Å². The van der Waals surface area contributed by atoms with Crippen molar-refractivity contribution in [1.82, 2.24) is 9.80 Å². The van der Waals surface area contributed by atoms with Crippen LogP contribution in [0.25, 0.3) is 6.08 Å². The minimum Gasteiger partial charge on any atom is -0.378 e. The van der Waals surface area contributed by atoms with E-state index < -0.39 is 6.03 Å². The predicted octanol–water partition coefficient (Wildman–Crippen LogP) is 3.09. The number of carbonyl (C=O) groups is 2. The number of hydrogen-bond acceptors (Lipinski definition) is 4. The summed E-state index contributed by atoms with van der Waals surface area (Å²) < 4.78 is 18.9. The van der Waals surface area contributed by atoms with E-state index in [1.165, 1.54) is 18.2 Å². The molecule has 7 nitrogen and oxygen atoms in total. The number of morpholine rings is 1. The SMILES string of the molecule is NC(=O)Nc1cc(Cl)ccc1/C=C/C(=O)N1CC2COCC(C1)N2Cc1ccc(F)cc1. The molecule has 9 heteroatoms. The lowest BCUT2D eigenvalue weighted by molar-refractivity contribution is -0.141. The maximum Gasteiger partial charge on any atom is 0.316 e. The van der Waals surface area contributed by atoms with Gasteiger partial charge in [0.2, 0.25) is 5.91 Å². The number of urea groups is 1. The summed E-state index contributed by atoms with van der Waals surface area (Å²) in [6.07, 6.45) is 3.13. The second-order valence-corrected chi connectivity index (χ2v) is 8.38. The number of nitrogens with one attached hydrogen (secondary N) is 1. The zero-order chi connectivity index (χ0) is 22.7. The van der Waals surface area contributed by atoms with Crippen LogP contribution in [0.1, 0.15) is 11.1 Å². The van der Waals surface area contributed by atoms with Crippen molar-refractivity contribution >= 4 is 35.3 Å². The highest BCUT2D eigenvalue weighted by Crippen LogP contribution is 2.25. The first-order valence-electron chi connectivity index (χ1n) is 10.3. The number of fused-ring (bicyclic) bond motifs is 2. The Balaban J connectivity index is 1.44. The highest BCUT2D eigenvalue weighted by molar-refractivity contribution is 6.31. The van der Waals surface area contributed by atoms with E-state index in [1.54, 1.807) is 36.4 Å². The Kier molecular flexibility index (Phi) is 6.74. The Morgan fingerprint density at radius 2 is 1.84 bits per heavy atom. The van der Waals surface area contributed by atoms with Crippen LogP contribution in [0.4, 0.5) is 14.9 Å². The first-order chi connectivity index (χ1) is 15.4. The van der Waals surface area contributed by atoms with Gasteiger partial charge in [0.05, 0.1) is 31.0 Å². The zero-order valence-corrected chi connectivity index (χ0v) is 18.1. The largest absolute Gasteiger partial charge is 0.378 e. The molecular weight excluding hydrogens is 435 g/mol. The molecule has 0 aromatic heterocycles. The maximum absolute atomic E-state index is 13.2.